The van der Waals surface area contributed by atoms with Gasteiger partial charge in [0.25, 0.3) is 0 Å². The van der Waals surface area contributed by atoms with Gasteiger partial charge in [-0.15, -0.1) is 0 Å². The fourth-order valence-electron chi connectivity index (χ4n) is 2.21. The van der Waals surface area contributed by atoms with Crippen LogP contribution in [-0.4, -0.2) is 26.1 Å². The summed E-state index contributed by atoms with van der Waals surface area (Å²) >= 11 is 1.55. The number of aryl methyl sites for hydroxylation is 2. The molecule has 0 amide bonds. The number of rotatable bonds is 7. The highest BCUT2D eigenvalue weighted by Gasteiger charge is 2.09. The molecule has 0 saturated carbocycles. The van der Waals surface area contributed by atoms with Gasteiger partial charge < -0.3 is 15.6 Å². The standard InChI is InChI=1S/C17H20N6S/c1-13-3-5-14(6-4-13)24-17-15(18)16(21-11-22-17)20-7-2-9-23-10-8-19-12-23/h3-6,8,10-12H,2,7,9,18H2,1H3,(H,20,21,22). The van der Waals surface area contributed by atoms with Crippen LogP contribution < -0.4 is 11.1 Å². The van der Waals surface area contributed by atoms with Crippen molar-refractivity contribution in [3.63, 3.8) is 0 Å². The average molecular weight is 340 g/mol. The van der Waals surface area contributed by atoms with Crippen LogP contribution in [0, 0.1) is 6.92 Å². The fraction of sp³-hybridized carbons (Fsp3) is 0.235. The van der Waals surface area contributed by atoms with Crippen LogP contribution in [0.1, 0.15) is 12.0 Å². The van der Waals surface area contributed by atoms with Crippen molar-refractivity contribution in [2.75, 3.05) is 17.6 Å². The molecule has 0 bridgehead atoms. The van der Waals surface area contributed by atoms with Crippen molar-refractivity contribution in [3.05, 3.63) is 54.9 Å². The van der Waals surface area contributed by atoms with Gasteiger partial charge in [-0.3, -0.25) is 0 Å². The number of hydrogen-bond acceptors (Lipinski definition) is 6. The molecule has 0 radical (unpaired) electrons. The molecule has 3 N–H and O–H groups in total. The summed E-state index contributed by atoms with van der Waals surface area (Å²) in [4.78, 5) is 13.7. The van der Waals surface area contributed by atoms with Gasteiger partial charge in [0.1, 0.15) is 17.0 Å². The van der Waals surface area contributed by atoms with Crippen molar-refractivity contribution >= 4 is 23.3 Å². The Kier molecular flexibility index (Phi) is 5.32. The van der Waals surface area contributed by atoms with Crippen LogP contribution in [0.5, 0.6) is 0 Å². The molecule has 24 heavy (non-hydrogen) atoms. The van der Waals surface area contributed by atoms with Gasteiger partial charge in [-0.1, -0.05) is 29.5 Å². The predicted octanol–water partition coefficient (Wildman–Crippen LogP) is 3.22. The molecule has 1 aromatic carbocycles. The van der Waals surface area contributed by atoms with E-state index in [0.29, 0.717) is 11.5 Å². The Bertz CT molecular complexity index is 770. The molecule has 0 aliphatic rings. The highest BCUT2D eigenvalue weighted by atomic mass is 32.2. The van der Waals surface area contributed by atoms with Crippen LogP contribution >= 0.6 is 11.8 Å². The number of nitrogens with two attached hydrogens (primary N) is 1. The number of imidazole rings is 1. The molecule has 124 valence electrons. The maximum atomic E-state index is 6.21. The summed E-state index contributed by atoms with van der Waals surface area (Å²) in [6.45, 7) is 3.76. The number of nitrogens with zero attached hydrogens (tertiary/aromatic N) is 4. The molecule has 0 fully saturated rings. The molecule has 0 unspecified atom stereocenters. The SMILES string of the molecule is Cc1ccc(Sc2ncnc(NCCCn3ccnc3)c2N)cc1. The van der Waals surface area contributed by atoms with Crippen molar-refractivity contribution in [2.24, 2.45) is 0 Å². The second-order valence-corrected chi connectivity index (χ2v) is 6.50. The lowest BCUT2D eigenvalue weighted by Gasteiger charge is -2.11. The van der Waals surface area contributed by atoms with Gasteiger partial charge in [-0.2, -0.15) is 0 Å². The largest absolute Gasteiger partial charge is 0.394 e. The molecule has 2 heterocycles. The Labute approximate surface area is 145 Å². The van der Waals surface area contributed by atoms with Crippen LogP contribution in [0.3, 0.4) is 0 Å². The minimum atomic E-state index is 0.589. The lowest BCUT2D eigenvalue weighted by atomic mass is 10.2. The zero-order valence-electron chi connectivity index (χ0n) is 13.5. The minimum absolute atomic E-state index is 0.589. The Morgan fingerprint density at radius 3 is 2.79 bits per heavy atom. The van der Waals surface area contributed by atoms with Crippen LogP contribution in [-0.2, 0) is 6.54 Å². The minimum Gasteiger partial charge on any atom is -0.394 e. The molecule has 6 nitrogen and oxygen atoms in total. The van der Waals surface area contributed by atoms with Crippen molar-refractivity contribution in [2.45, 2.75) is 29.8 Å². The average Bonchev–Trinajstić information content (AvgIpc) is 3.10. The van der Waals surface area contributed by atoms with Crippen LogP contribution in [0.4, 0.5) is 11.5 Å². The molecule has 0 aliphatic carbocycles. The number of nitrogens with one attached hydrogen (secondary N) is 1. The third kappa shape index (κ3) is 4.26. The van der Waals surface area contributed by atoms with Gasteiger partial charge in [-0.05, 0) is 25.5 Å². The van der Waals surface area contributed by atoms with E-state index >= 15 is 0 Å². The maximum absolute atomic E-state index is 6.21. The molecular formula is C17H20N6S. The van der Waals surface area contributed by atoms with E-state index in [-0.39, 0.29) is 0 Å². The van der Waals surface area contributed by atoms with Crippen molar-refractivity contribution in [1.29, 1.82) is 0 Å². The summed E-state index contributed by atoms with van der Waals surface area (Å²) in [5, 5.41) is 4.06. The van der Waals surface area contributed by atoms with E-state index in [2.05, 4.69) is 51.5 Å². The molecule has 0 aliphatic heterocycles. The fourth-order valence-corrected chi connectivity index (χ4v) is 3.01. The number of hydrogen-bond donors (Lipinski definition) is 2. The smallest absolute Gasteiger partial charge is 0.153 e. The molecule has 0 spiro atoms. The zero-order chi connectivity index (χ0) is 16.8. The Balaban J connectivity index is 1.59. The summed E-state index contributed by atoms with van der Waals surface area (Å²) in [5.74, 6) is 0.685. The van der Waals surface area contributed by atoms with E-state index in [1.54, 1.807) is 24.3 Å². The highest BCUT2D eigenvalue weighted by molar-refractivity contribution is 7.99. The van der Waals surface area contributed by atoms with Gasteiger partial charge in [0.15, 0.2) is 5.82 Å². The summed E-state index contributed by atoms with van der Waals surface area (Å²) < 4.78 is 2.05. The van der Waals surface area contributed by atoms with Crippen LogP contribution in [0.25, 0.3) is 0 Å². The monoisotopic (exact) mass is 340 g/mol. The molecule has 7 heteroatoms. The molecule has 3 aromatic rings. The van der Waals surface area contributed by atoms with Crippen molar-refractivity contribution in [3.8, 4) is 0 Å². The second-order valence-electron chi connectivity index (χ2n) is 5.44. The molecule has 2 aromatic heterocycles. The van der Waals surface area contributed by atoms with Crippen molar-refractivity contribution in [1.82, 2.24) is 19.5 Å². The Hall–Kier alpha value is -2.54. The third-order valence-corrected chi connectivity index (χ3v) is 4.55. The zero-order valence-corrected chi connectivity index (χ0v) is 14.3. The summed E-state index contributed by atoms with van der Waals surface area (Å²) in [5.41, 5.74) is 8.03. The van der Waals surface area contributed by atoms with Gasteiger partial charge in [0.2, 0.25) is 0 Å². The summed E-state index contributed by atoms with van der Waals surface area (Å²) in [6.07, 6.45) is 8.06. The number of anilines is 2. The van der Waals surface area contributed by atoms with E-state index < -0.39 is 0 Å². The van der Waals surface area contributed by atoms with Gasteiger partial charge in [0.05, 0.1) is 6.33 Å². The summed E-state index contributed by atoms with van der Waals surface area (Å²) in [7, 11) is 0. The van der Waals surface area contributed by atoms with Gasteiger partial charge in [0, 0.05) is 30.4 Å². The lowest BCUT2D eigenvalue weighted by molar-refractivity contribution is 0.660. The predicted molar refractivity (Wildman–Crippen MR) is 97.1 cm³/mol. The Morgan fingerprint density at radius 2 is 2.04 bits per heavy atom. The van der Waals surface area contributed by atoms with E-state index in [9.17, 15) is 0 Å². The van der Waals surface area contributed by atoms with E-state index in [4.69, 9.17) is 5.73 Å². The molecular weight excluding hydrogens is 320 g/mol. The highest BCUT2D eigenvalue weighted by Crippen LogP contribution is 2.32. The van der Waals surface area contributed by atoms with E-state index in [0.717, 1.165) is 29.4 Å². The molecule has 3 rings (SSSR count). The maximum Gasteiger partial charge on any atom is 0.153 e. The van der Waals surface area contributed by atoms with Crippen molar-refractivity contribution < 1.29 is 0 Å². The number of nitrogen functional groups attached to an aromatic ring is 1. The molecule has 0 saturated heterocycles. The molecule has 0 atom stereocenters. The number of aromatic nitrogens is 4. The lowest BCUT2D eigenvalue weighted by Crippen LogP contribution is -2.09. The van der Waals surface area contributed by atoms with Crippen LogP contribution in [0.15, 0.2) is 59.2 Å². The quantitative estimate of drug-likeness (QED) is 0.508. The van der Waals surface area contributed by atoms with E-state index in [1.165, 1.54) is 5.56 Å². The normalized spacial score (nSPS) is 10.7. The first-order valence-corrected chi connectivity index (χ1v) is 8.58. The first-order valence-electron chi connectivity index (χ1n) is 7.77. The van der Waals surface area contributed by atoms with Gasteiger partial charge >= 0.3 is 0 Å². The first-order chi connectivity index (χ1) is 11.7. The van der Waals surface area contributed by atoms with Gasteiger partial charge in [-0.25, -0.2) is 15.0 Å². The first kappa shape index (κ1) is 16.3. The summed E-state index contributed by atoms with van der Waals surface area (Å²) in [6, 6.07) is 8.30. The van der Waals surface area contributed by atoms with E-state index in [1.807, 2.05) is 17.1 Å². The Morgan fingerprint density at radius 1 is 1.21 bits per heavy atom. The second kappa shape index (κ2) is 7.83. The number of benzene rings is 1. The topological polar surface area (TPSA) is 81.7 Å². The van der Waals surface area contributed by atoms with Crippen LogP contribution in [0.2, 0.25) is 0 Å². The third-order valence-electron chi connectivity index (χ3n) is 3.53.